The number of rotatable bonds is 4. The van der Waals surface area contributed by atoms with Crippen LogP contribution in [0, 0.1) is 16.7 Å². The predicted molar refractivity (Wildman–Crippen MR) is 56.3 cm³/mol. The minimum Gasteiger partial charge on any atom is -0.481 e. The number of hydrogen-bond donors (Lipinski definition) is 2. The Balaban J connectivity index is 2.41. The molecule has 2 N–H and O–H groups in total. The molecule has 4 heteroatoms. The summed E-state index contributed by atoms with van der Waals surface area (Å²) >= 11 is 0. The van der Waals surface area contributed by atoms with Crippen LogP contribution in [0.15, 0.2) is 0 Å². The lowest BCUT2D eigenvalue weighted by Crippen LogP contribution is -2.29. The third-order valence-electron chi connectivity index (χ3n) is 3.92. The van der Waals surface area contributed by atoms with Crippen molar-refractivity contribution in [2.24, 2.45) is 16.7 Å². The smallest absolute Gasteiger partial charge is 0.305 e. The minimum absolute atomic E-state index is 0.00112. The predicted octanol–water partition coefficient (Wildman–Crippen LogP) is 1.26. The van der Waals surface area contributed by atoms with Crippen LogP contribution in [0.3, 0.4) is 0 Å². The lowest BCUT2D eigenvalue weighted by molar-refractivity contribution is -0.136. The summed E-state index contributed by atoms with van der Waals surface area (Å²) in [7, 11) is 0. The summed E-state index contributed by atoms with van der Waals surface area (Å²) in [5.74, 6) is -0.908. The molecule has 0 aromatic rings. The summed E-state index contributed by atoms with van der Waals surface area (Å²) in [6.45, 7) is 8.47. The van der Waals surface area contributed by atoms with E-state index in [9.17, 15) is 9.59 Å². The Labute approximate surface area is 90.0 Å². The molecule has 1 aliphatic rings. The van der Waals surface area contributed by atoms with Crippen molar-refractivity contribution in [1.29, 1.82) is 0 Å². The van der Waals surface area contributed by atoms with Gasteiger partial charge in [-0.3, -0.25) is 9.59 Å². The first-order chi connectivity index (χ1) is 6.71. The van der Waals surface area contributed by atoms with Gasteiger partial charge in [0.25, 0.3) is 0 Å². The SMILES string of the molecule is CC1(C)C(C(=O)NCCC(=O)O)C1(C)C. The summed E-state index contributed by atoms with van der Waals surface area (Å²) in [6.07, 6.45) is -0.0146. The topological polar surface area (TPSA) is 66.4 Å². The summed E-state index contributed by atoms with van der Waals surface area (Å²) < 4.78 is 0. The highest BCUT2D eigenvalue weighted by Crippen LogP contribution is 2.68. The Kier molecular flexibility index (Phi) is 2.81. The highest BCUT2D eigenvalue weighted by molar-refractivity contribution is 5.84. The Morgan fingerprint density at radius 3 is 2.00 bits per heavy atom. The normalized spacial score (nSPS) is 22.1. The molecule has 0 aliphatic heterocycles. The van der Waals surface area contributed by atoms with Crippen LogP contribution >= 0.6 is 0 Å². The highest BCUT2D eigenvalue weighted by Gasteiger charge is 2.68. The molecule has 0 atom stereocenters. The van der Waals surface area contributed by atoms with Crippen LogP contribution in [0.5, 0.6) is 0 Å². The van der Waals surface area contributed by atoms with Crippen LogP contribution in [0.1, 0.15) is 34.1 Å². The van der Waals surface area contributed by atoms with E-state index in [-0.39, 0.29) is 35.6 Å². The molecule has 15 heavy (non-hydrogen) atoms. The fourth-order valence-electron chi connectivity index (χ4n) is 2.25. The summed E-state index contributed by atoms with van der Waals surface area (Å²) in [4.78, 5) is 22.0. The van der Waals surface area contributed by atoms with Gasteiger partial charge < -0.3 is 10.4 Å². The van der Waals surface area contributed by atoms with E-state index in [1.165, 1.54) is 0 Å². The van der Waals surface area contributed by atoms with E-state index in [1.807, 2.05) is 0 Å². The first-order valence-corrected chi connectivity index (χ1v) is 5.20. The van der Waals surface area contributed by atoms with Crippen molar-refractivity contribution >= 4 is 11.9 Å². The van der Waals surface area contributed by atoms with Crippen LogP contribution in [0.4, 0.5) is 0 Å². The van der Waals surface area contributed by atoms with Gasteiger partial charge in [0.2, 0.25) is 5.91 Å². The molecule has 1 rings (SSSR count). The lowest BCUT2D eigenvalue weighted by Gasteiger charge is -2.04. The molecule has 0 spiro atoms. The lowest BCUT2D eigenvalue weighted by atomic mass is 10.0. The van der Waals surface area contributed by atoms with Crippen molar-refractivity contribution < 1.29 is 14.7 Å². The number of carboxylic acids is 1. The monoisotopic (exact) mass is 213 g/mol. The van der Waals surface area contributed by atoms with Crippen molar-refractivity contribution in [3.05, 3.63) is 0 Å². The molecule has 0 saturated heterocycles. The van der Waals surface area contributed by atoms with Crippen LogP contribution in [0.25, 0.3) is 0 Å². The van der Waals surface area contributed by atoms with E-state index in [0.717, 1.165) is 0 Å². The Morgan fingerprint density at radius 2 is 1.67 bits per heavy atom. The third-order valence-corrected chi connectivity index (χ3v) is 3.92. The van der Waals surface area contributed by atoms with Crippen molar-refractivity contribution in [1.82, 2.24) is 5.32 Å². The second-order valence-electron chi connectivity index (χ2n) is 5.31. The zero-order valence-corrected chi connectivity index (χ0v) is 9.76. The van der Waals surface area contributed by atoms with Gasteiger partial charge in [0.05, 0.1) is 6.42 Å². The second-order valence-corrected chi connectivity index (χ2v) is 5.31. The van der Waals surface area contributed by atoms with Gasteiger partial charge in [-0.25, -0.2) is 0 Å². The Hall–Kier alpha value is -1.06. The molecule has 0 unspecified atom stereocenters. The Bertz CT molecular complexity index is 280. The number of carbonyl (C=O) groups excluding carboxylic acids is 1. The number of amides is 1. The molecule has 0 bridgehead atoms. The zero-order valence-electron chi connectivity index (χ0n) is 9.76. The molecule has 0 radical (unpaired) electrons. The maximum atomic E-state index is 11.7. The number of carbonyl (C=O) groups is 2. The average Bonchev–Trinajstić information content (AvgIpc) is 2.41. The summed E-state index contributed by atoms with van der Waals surface area (Å²) in [6, 6.07) is 0. The number of hydrogen-bond acceptors (Lipinski definition) is 2. The highest BCUT2D eigenvalue weighted by atomic mass is 16.4. The van der Waals surface area contributed by atoms with Crippen molar-refractivity contribution in [3.8, 4) is 0 Å². The quantitative estimate of drug-likeness (QED) is 0.738. The number of aliphatic carboxylic acids is 1. The van der Waals surface area contributed by atoms with Crippen molar-refractivity contribution in [2.75, 3.05) is 6.54 Å². The van der Waals surface area contributed by atoms with Crippen LogP contribution < -0.4 is 5.32 Å². The van der Waals surface area contributed by atoms with Crippen molar-refractivity contribution in [3.63, 3.8) is 0 Å². The standard InChI is InChI=1S/C11H19NO3/c1-10(2)8(11(10,3)4)9(15)12-6-5-7(13)14/h8H,5-6H2,1-4H3,(H,12,15)(H,13,14). The van der Waals surface area contributed by atoms with E-state index in [0.29, 0.717) is 0 Å². The van der Waals surface area contributed by atoms with E-state index in [4.69, 9.17) is 5.11 Å². The first-order valence-electron chi connectivity index (χ1n) is 5.20. The molecule has 0 heterocycles. The minimum atomic E-state index is -0.885. The second kappa shape index (κ2) is 3.51. The third kappa shape index (κ3) is 1.98. The van der Waals surface area contributed by atoms with E-state index >= 15 is 0 Å². The van der Waals surface area contributed by atoms with E-state index in [2.05, 4.69) is 33.0 Å². The van der Waals surface area contributed by atoms with Gasteiger partial charge in [-0.05, 0) is 10.8 Å². The number of carboxylic acid groups (broad SMARTS) is 1. The molecule has 1 aliphatic carbocycles. The molecule has 0 aromatic heterocycles. The molecule has 1 fully saturated rings. The fourth-order valence-corrected chi connectivity index (χ4v) is 2.25. The largest absolute Gasteiger partial charge is 0.481 e. The van der Waals surface area contributed by atoms with Gasteiger partial charge in [-0.2, -0.15) is 0 Å². The van der Waals surface area contributed by atoms with Gasteiger partial charge in [0.1, 0.15) is 0 Å². The van der Waals surface area contributed by atoms with Gasteiger partial charge in [0, 0.05) is 12.5 Å². The molecular weight excluding hydrogens is 194 g/mol. The molecule has 4 nitrogen and oxygen atoms in total. The first kappa shape index (κ1) is 12.0. The van der Waals surface area contributed by atoms with Crippen LogP contribution in [-0.4, -0.2) is 23.5 Å². The summed E-state index contributed by atoms with van der Waals surface area (Å²) in [5.41, 5.74) is 0.0284. The molecule has 86 valence electrons. The van der Waals surface area contributed by atoms with Gasteiger partial charge in [-0.1, -0.05) is 27.7 Å². The van der Waals surface area contributed by atoms with Gasteiger partial charge >= 0.3 is 5.97 Å². The molecule has 1 amide bonds. The van der Waals surface area contributed by atoms with Crippen LogP contribution in [0.2, 0.25) is 0 Å². The van der Waals surface area contributed by atoms with E-state index in [1.54, 1.807) is 0 Å². The van der Waals surface area contributed by atoms with E-state index < -0.39 is 5.97 Å². The van der Waals surface area contributed by atoms with Gasteiger partial charge in [0.15, 0.2) is 0 Å². The fraction of sp³-hybridized carbons (Fsp3) is 0.818. The maximum absolute atomic E-state index is 11.7. The zero-order chi connectivity index (χ0) is 11.9. The molecule has 1 saturated carbocycles. The average molecular weight is 213 g/mol. The molecular formula is C11H19NO3. The molecule has 0 aromatic carbocycles. The Morgan fingerprint density at radius 1 is 1.20 bits per heavy atom. The van der Waals surface area contributed by atoms with Gasteiger partial charge in [-0.15, -0.1) is 0 Å². The van der Waals surface area contributed by atoms with Crippen LogP contribution in [-0.2, 0) is 9.59 Å². The maximum Gasteiger partial charge on any atom is 0.305 e. The van der Waals surface area contributed by atoms with Crippen molar-refractivity contribution in [2.45, 2.75) is 34.1 Å². The number of nitrogens with one attached hydrogen (secondary N) is 1. The summed E-state index contributed by atoms with van der Waals surface area (Å²) in [5, 5.41) is 11.1.